The highest BCUT2D eigenvalue weighted by Gasteiger charge is 2.27. The zero-order valence-corrected chi connectivity index (χ0v) is 19.3. The number of aryl methyl sites for hydroxylation is 2. The van der Waals surface area contributed by atoms with E-state index >= 15 is 0 Å². The minimum absolute atomic E-state index is 0.174. The van der Waals surface area contributed by atoms with Crippen LogP contribution in [0.15, 0.2) is 72.8 Å². The molecule has 0 amide bonds. The van der Waals surface area contributed by atoms with Crippen molar-refractivity contribution in [2.75, 3.05) is 26.8 Å². The van der Waals surface area contributed by atoms with Gasteiger partial charge in [-0.3, -0.25) is 0 Å². The number of piperidine rings is 1. The predicted molar refractivity (Wildman–Crippen MR) is 132 cm³/mol. The van der Waals surface area contributed by atoms with Crippen molar-refractivity contribution >= 4 is 0 Å². The second-order valence-corrected chi connectivity index (χ2v) is 8.80. The maximum absolute atomic E-state index is 6.51. The third-order valence-corrected chi connectivity index (χ3v) is 6.52. The van der Waals surface area contributed by atoms with Gasteiger partial charge in [-0.15, -0.1) is 0 Å². The van der Waals surface area contributed by atoms with E-state index in [4.69, 9.17) is 9.47 Å². The van der Waals surface area contributed by atoms with Gasteiger partial charge in [-0.2, -0.15) is 0 Å². The highest BCUT2D eigenvalue weighted by molar-refractivity contribution is 5.64. The Morgan fingerprint density at radius 1 is 0.938 bits per heavy atom. The Kier molecular flexibility index (Phi) is 8.11. The lowest BCUT2D eigenvalue weighted by Gasteiger charge is -2.33. The fourth-order valence-electron chi connectivity index (χ4n) is 4.66. The summed E-state index contributed by atoms with van der Waals surface area (Å²) in [5, 5.41) is 3.53. The minimum atomic E-state index is 0.174. The third-order valence-electron chi connectivity index (χ3n) is 6.52. The SMILES string of the molecule is COCCCc1cc(CO[C@H]2CNCC[C@@H]2c2cccc(-c3ccccc3)c2)ccc1C. The number of hydrogen-bond acceptors (Lipinski definition) is 3. The molecule has 3 nitrogen and oxygen atoms in total. The van der Waals surface area contributed by atoms with E-state index in [1.54, 1.807) is 7.11 Å². The second-order valence-electron chi connectivity index (χ2n) is 8.80. The number of methoxy groups -OCH3 is 1. The molecule has 3 aromatic rings. The molecule has 4 rings (SSSR count). The van der Waals surface area contributed by atoms with Crippen LogP contribution in [-0.4, -0.2) is 32.9 Å². The van der Waals surface area contributed by atoms with E-state index in [9.17, 15) is 0 Å². The van der Waals surface area contributed by atoms with Crippen molar-refractivity contribution in [2.24, 2.45) is 0 Å². The average Bonchev–Trinajstić information content (AvgIpc) is 2.85. The molecule has 0 spiro atoms. The van der Waals surface area contributed by atoms with Gasteiger partial charge in [0.05, 0.1) is 12.7 Å². The van der Waals surface area contributed by atoms with Crippen LogP contribution >= 0.6 is 0 Å². The van der Waals surface area contributed by atoms with E-state index in [0.717, 1.165) is 39.0 Å². The van der Waals surface area contributed by atoms with Gasteiger partial charge in [-0.25, -0.2) is 0 Å². The highest BCUT2D eigenvalue weighted by atomic mass is 16.5. The van der Waals surface area contributed by atoms with Crippen LogP contribution in [0.4, 0.5) is 0 Å². The molecule has 168 valence electrons. The van der Waals surface area contributed by atoms with Crippen molar-refractivity contribution in [1.29, 1.82) is 0 Å². The maximum atomic E-state index is 6.51. The number of hydrogen-bond donors (Lipinski definition) is 1. The summed E-state index contributed by atoms with van der Waals surface area (Å²) in [4.78, 5) is 0. The Bertz CT molecular complexity index is 985. The van der Waals surface area contributed by atoms with Crippen molar-refractivity contribution in [3.8, 4) is 11.1 Å². The first kappa shape index (κ1) is 22.7. The Balaban J connectivity index is 1.45. The molecule has 1 heterocycles. The van der Waals surface area contributed by atoms with Crippen LogP contribution in [0.1, 0.15) is 41.0 Å². The van der Waals surface area contributed by atoms with Gasteiger partial charge in [-0.1, -0.05) is 72.8 Å². The fourth-order valence-corrected chi connectivity index (χ4v) is 4.66. The molecule has 3 aromatic carbocycles. The standard InChI is InChI=1S/C29H35NO2/c1-22-13-14-23(18-25(22)12-7-17-31-2)21-32-29-20-30-16-15-28(29)27-11-6-10-26(19-27)24-8-4-3-5-9-24/h3-6,8-11,13-14,18-19,28-30H,7,12,15-17,20-21H2,1-2H3/t28-,29+/m1/s1. The molecule has 0 radical (unpaired) electrons. The van der Waals surface area contributed by atoms with E-state index in [1.165, 1.54) is 33.4 Å². The largest absolute Gasteiger partial charge is 0.385 e. The van der Waals surface area contributed by atoms with Gasteiger partial charge in [0.25, 0.3) is 0 Å². The van der Waals surface area contributed by atoms with Crippen molar-refractivity contribution in [2.45, 2.75) is 44.8 Å². The normalized spacial score (nSPS) is 18.6. The van der Waals surface area contributed by atoms with Gasteiger partial charge in [0.15, 0.2) is 0 Å². The molecule has 1 saturated heterocycles. The molecule has 3 heteroatoms. The fraction of sp³-hybridized carbons (Fsp3) is 0.379. The molecular weight excluding hydrogens is 394 g/mol. The quantitative estimate of drug-likeness (QED) is 0.429. The summed E-state index contributed by atoms with van der Waals surface area (Å²) in [5.74, 6) is 0.409. The Morgan fingerprint density at radius 3 is 2.62 bits per heavy atom. The van der Waals surface area contributed by atoms with Crippen molar-refractivity contribution in [1.82, 2.24) is 5.32 Å². The van der Waals surface area contributed by atoms with Gasteiger partial charge in [0.2, 0.25) is 0 Å². The van der Waals surface area contributed by atoms with Crippen molar-refractivity contribution in [3.63, 3.8) is 0 Å². The molecule has 0 saturated carbocycles. The smallest absolute Gasteiger partial charge is 0.0772 e. The first-order chi connectivity index (χ1) is 15.7. The summed E-state index contributed by atoms with van der Waals surface area (Å²) in [6.45, 7) is 5.57. The van der Waals surface area contributed by atoms with E-state index in [-0.39, 0.29) is 6.10 Å². The van der Waals surface area contributed by atoms with Crippen molar-refractivity contribution < 1.29 is 9.47 Å². The molecule has 0 aromatic heterocycles. The van der Waals surface area contributed by atoms with Gasteiger partial charge in [-0.05, 0) is 66.1 Å². The topological polar surface area (TPSA) is 30.5 Å². The molecule has 2 atom stereocenters. The zero-order chi connectivity index (χ0) is 22.2. The van der Waals surface area contributed by atoms with Crippen LogP contribution in [-0.2, 0) is 22.5 Å². The molecule has 1 aliphatic heterocycles. The lowest BCUT2D eigenvalue weighted by Crippen LogP contribution is -2.41. The summed E-state index contributed by atoms with van der Waals surface area (Å²) < 4.78 is 11.7. The van der Waals surface area contributed by atoms with Crippen LogP contribution in [0.2, 0.25) is 0 Å². The number of rotatable bonds is 9. The van der Waals surface area contributed by atoms with Crippen LogP contribution in [0.5, 0.6) is 0 Å². The molecule has 1 aliphatic rings. The van der Waals surface area contributed by atoms with Gasteiger partial charge in [0.1, 0.15) is 0 Å². The Labute approximate surface area is 192 Å². The van der Waals surface area contributed by atoms with E-state index in [0.29, 0.717) is 12.5 Å². The maximum Gasteiger partial charge on any atom is 0.0772 e. The average molecular weight is 430 g/mol. The van der Waals surface area contributed by atoms with Crippen molar-refractivity contribution in [3.05, 3.63) is 95.1 Å². The number of ether oxygens (including phenoxy) is 2. The summed E-state index contributed by atoms with van der Waals surface area (Å²) in [6, 6.07) is 26.4. The van der Waals surface area contributed by atoms with Crippen LogP contribution in [0, 0.1) is 6.92 Å². The minimum Gasteiger partial charge on any atom is -0.385 e. The molecule has 0 aliphatic carbocycles. The molecule has 0 bridgehead atoms. The summed E-state index contributed by atoms with van der Waals surface area (Å²) in [5.41, 5.74) is 7.92. The first-order valence-corrected chi connectivity index (χ1v) is 11.8. The Hall–Kier alpha value is -2.46. The molecule has 32 heavy (non-hydrogen) atoms. The lowest BCUT2D eigenvalue weighted by molar-refractivity contribution is 0.0106. The van der Waals surface area contributed by atoms with Crippen LogP contribution in [0.3, 0.4) is 0 Å². The van der Waals surface area contributed by atoms with Gasteiger partial charge in [0, 0.05) is 26.2 Å². The van der Waals surface area contributed by atoms with E-state index in [2.05, 4.69) is 85.0 Å². The number of benzene rings is 3. The van der Waals surface area contributed by atoms with Gasteiger partial charge >= 0.3 is 0 Å². The zero-order valence-electron chi connectivity index (χ0n) is 19.3. The lowest BCUT2D eigenvalue weighted by atomic mass is 9.86. The Morgan fingerprint density at radius 2 is 1.78 bits per heavy atom. The predicted octanol–water partition coefficient (Wildman–Crippen LogP) is 5.90. The van der Waals surface area contributed by atoms with Gasteiger partial charge < -0.3 is 14.8 Å². The highest BCUT2D eigenvalue weighted by Crippen LogP contribution is 2.31. The van der Waals surface area contributed by atoms with Crippen LogP contribution < -0.4 is 5.32 Å². The number of nitrogens with one attached hydrogen (secondary N) is 1. The summed E-state index contributed by atoms with van der Waals surface area (Å²) in [7, 11) is 1.77. The second kappa shape index (κ2) is 11.4. The van der Waals surface area contributed by atoms with E-state index in [1.807, 2.05) is 0 Å². The monoisotopic (exact) mass is 429 g/mol. The van der Waals surface area contributed by atoms with Crippen LogP contribution in [0.25, 0.3) is 11.1 Å². The van der Waals surface area contributed by atoms with E-state index < -0.39 is 0 Å². The third kappa shape index (κ3) is 5.86. The molecule has 1 N–H and O–H groups in total. The molecule has 0 unspecified atom stereocenters. The summed E-state index contributed by atoms with van der Waals surface area (Å²) in [6.07, 6.45) is 3.37. The summed E-state index contributed by atoms with van der Waals surface area (Å²) >= 11 is 0. The molecule has 1 fully saturated rings. The molecular formula is C29H35NO2. The first-order valence-electron chi connectivity index (χ1n) is 11.8.